The molecule has 1 aromatic rings. The van der Waals surface area contributed by atoms with E-state index < -0.39 is 0 Å². The molecule has 3 heteroatoms. The van der Waals surface area contributed by atoms with Crippen LogP contribution in [0.5, 0.6) is 0 Å². The van der Waals surface area contributed by atoms with E-state index in [1.807, 2.05) is 6.07 Å². The first kappa shape index (κ1) is 13.2. The van der Waals surface area contributed by atoms with Gasteiger partial charge in [-0.2, -0.15) is 0 Å². The van der Waals surface area contributed by atoms with Crippen molar-refractivity contribution in [2.24, 2.45) is 0 Å². The van der Waals surface area contributed by atoms with Crippen LogP contribution in [0.4, 0.5) is 0 Å². The van der Waals surface area contributed by atoms with E-state index in [1.165, 1.54) is 5.56 Å². The summed E-state index contributed by atoms with van der Waals surface area (Å²) >= 11 is 0. The largest absolute Gasteiger partial charge is 0.394 e. The molecule has 16 heavy (non-hydrogen) atoms. The lowest BCUT2D eigenvalue weighted by molar-refractivity contribution is 0.0925. The molecule has 0 spiro atoms. The van der Waals surface area contributed by atoms with Crippen LogP contribution in [-0.2, 0) is 4.74 Å². The Labute approximate surface area is 97.4 Å². The molecular weight excluding hydrogens is 202 g/mol. The van der Waals surface area contributed by atoms with Crippen molar-refractivity contribution in [2.45, 2.75) is 19.4 Å². The van der Waals surface area contributed by atoms with Gasteiger partial charge in [0.1, 0.15) is 0 Å². The van der Waals surface area contributed by atoms with E-state index in [-0.39, 0.29) is 6.61 Å². The molecule has 0 bridgehead atoms. The predicted octanol–water partition coefficient (Wildman–Crippen LogP) is 1.74. The lowest BCUT2D eigenvalue weighted by atomic mass is 10.1. The van der Waals surface area contributed by atoms with E-state index in [4.69, 9.17) is 9.84 Å². The van der Waals surface area contributed by atoms with Crippen molar-refractivity contribution < 1.29 is 9.84 Å². The Kier molecular flexibility index (Phi) is 6.81. The molecule has 0 aliphatic heterocycles. The van der Waals surface area contributed by atoms with Crippen molar-refractivity contribution in [3.63, 3.8) is 0 Å². The van der Waals surface area contributed by atoms with Gasteiger partial charge in [0.25, 0.3) is 0 Å². The molecule has 0 saturated heterocycles. The molecule has 0 fully saturated rings. The summed E-state index contributed by atoms with van der Waals surface area (Å²) in [6.07, 6.45) is 1.06. The minimum atomic E-state index is 0.0931. The number of rotatable bonds is 8. The van der Waals surface area contributed by atoms with Gasteiger partial charge in [0.15, 0.2) is 0 Å². The topological polar surface area (TPSA) is 41.5 Å². The number of hydrogen-bond donors (Lipinski definition) is 2. The molecule has 0 aromatic heterocycles. The van der Waals surface area contributed by atoms with Gasteiger partial charge in [-0.25, -0.2) is 0 Å². The fourth-order valence-electron chi connectivity index (χ4n) is 1.66. The Morgan fingerprint density at radius 1 is 1.25 bits per heavy atom. The molecular formula is C13H21NO2. The highest BCUT2D eigenvalue weighted by atomic mass is 16.5. The van der Waals surface area contributed by atoms with Crippen molar-refractivity contribution in [1.29, 1.82) is 0 Å². The average molecular weight is 223 g/mol. The monoisotopic (exact) mass is 223 g/mol. The predicted molar refractivity (Wildman–Crippen MR) is 65.4 cm³/mol. The summed E-state index contributed by atoms with van der Waals surface area (Å²) in [4.78, 5) is 0. The average Bonchev–Trinajstić information content (AvgIpc) is 2.35. The van der Waals surface area contributed by atoms with Crippen molar-refractivity contribution in [3.05, 3.63) is 35.9 Å². The summed E-state index contributed by atoms with van der Waals surface area (Å²) in [5, 5.41) is 12.0. The number of ether oxygens (including phenoxy) is 1. The third-order valence-corrected chi connectivity index (χ3v) is 2.48. The Hall–Kier alpha value is -0.900. The maximum atomic E-state index is 8.55. The summed E-state index contributed by atoms with van der Waals surface area (Å²) in [5.41, 5.74) is 1.31. The Bertz CT molecular complexity index is 264. The quantitative estimate of drug-likeness (QED) is 0.660. The number of aliphatic hydroxyl groups is 1. The van der Waals surface area contributed by atoms with E-state index in [9.17, 15) is 0 Å². The van der Waals surface area contributed by atoms with E-state index in [2.05, 4.69) is 36.5 Å². The highest BCUT2D eigenvalue weighted by Crippen LogP contribution is 2.15. The van der Waals surface area contributed by atoms with Crippen molar-refractivity contribution in [1.82, 2.24) is 5.32 Å². The highest BCUT2D eigenvalue weighted by molar-refractivity contribution is 5.18. The second-order valence-electron chi connectivity index (χ2n) is 3.66. The lowest BCUT2D eigenvalue weighted by Gasteiger charge is -2.17. The van der Waals surface area contributed by atoms with Crippen molar-refractivity contribution in [3.8, 4) is 0 Å². The minimum Gasteiger partial charge on any atom is -0.394 e. The first-order valence-corrected chi connectivity index (χ1v) is 5.85. The standard InChI is InChI=1S/C13H21NO2/c1-2-13(12-6-4-3-5-7-12)14-8-10-16-11-9-15/h3-7,13-15H,2,8-11H2,1H3. The second kappa shape index (κ2) is 8.28. The van der Waals surface area contributed by atoms with Crippen LogP contribution in [0.15, 0.2) is 30.3 Å². The summed E-state index contributed by atoms with van der Waals surface area (Å²) in [6, 6.07) is 10.8. The van der Waals surface area contributed by atoms with E-state index in [1.54, 1.807) is 0 Å². The lowest BCUT2D eigenvalue weighted by Crippen LogP contribution is -2.25. The zero-order chi connectivity index (χ0) is 11.6. The first-order chi connectivity index (χ1) is 7.88. The van der Waals surface area contributed by atoms with Gasteiger partial charge in [-0.15, -0.1) is 0 Å². The van der Waals surface area contributed by atoms with Crippen LogP contribution in [0.3, 0.4) is 0 Å². The molecule has 0 heterocycles. The fraction of sp³-hybridized carbons (Fsp3) is 0.538. The van der Waals surface area contributed by atoms with Crippen molar-refractivity contribution in [2.75, 3.05) is 26.4 Å². The molecule has 3 nitrogen and oxygen atoms in total. The van der Waals surface area contributed by atoms with E-state index >= 15 is 0 Å². The Morgan fingerprint density at radius 3 is 2.62 bits per heavy atom. The van der Waals surface area contributed by atoms with Crippen LogP contribution in [-0.4, -0.2) is 31.5 Å². The third-order valence-electron chi connectivity index (χ3n) is 2.48. The molecule has 1 unspecified atom stereocenters. The molecule has 0 amide bonds. The van der Waals surface area contributed by atoms with Crippen LogP contribution in [0.1, 0.15) is 24.9 Å². The van der Waals surface area contributed by atoms with Crippen LogP contribution >= 0.6 is 0 Å². The van der Waals surface area contributed by atoms with Gasteiger partial charge in [0, 0.05) is 12.6 Å². The number of hydrogen-bond acceptors (Lipinski definition) is 3. The Morgan fingerprint density at radius 2 is 2.00 bits per heavy atom. The van der Waals surface area contributed by atoms with Gasteiger partial charge < -0.3 is 15.2 Å². The van der Waals surface area contributed by atoms with E-state index in [0.29, 0.717) is 19.3 Å². The van der Waals surface area contributed by atoms with E-state index in [0.717, 1.165) is 13.0 Å². The van der Waals surface area contributed by atoms with Crippen LogP contribution in [0, 0.1) is 0 Å². The molecule has 2 N–H and O–H groups in total. The number of aliphatic hydroxyl groups excluding tert-OH is 1. The van der Waals surface area contributed by atoms with Gasteiger partial charge in [-0.05, 0) is 12.0 Å². The minimum absolute atomic E-state index is 0.0931. The third kappa shape index (κ3) is 4.75. The van der Waals surface area contributed by atoms with Gasteiger partial charge in [0.05, 0.1) is 19.8 Å². The van der Waals surface area contributed by atoms with Crippen molar-refractivity contribution >= 4 is 0 Å². The zero-order valence-corrected chi connectivity index (χ0v) is 9.86. The summed E-state index contributed by atoms with van der Waals surface area (Å²) in [7, 11) is 0. The van der Waals surface area contributed by atoms with Gasteiger partial charge in [-0.3, -0.25) is 0 Å². The SMILES string of the molecule is CCC(NCCOCCO)c1ccccc1. The maximum Gasteiger partial charge on any atom is 0.0698 e. The van der Waals surface area contributed by atoms with Gasteiger partial charge in [-0.1, -0.05) is 37.3 Å². The number of nitrogens with one attached hydrogen (secondary N) is 1. The summed E-state index contributed by atoms with van der Waals surface area (Å²) in [6.45, 7) is 4.14. The van der Waals surface area contributed by atoms with Gasteiger partial charge in [0.2, 0.25) is 0 Å². The maximum absolute atomic E-state index is 8.55. The first-order valence-electron chi connectivity index (χ1n) is 5.85. The molecule has 0 aliphatic rings. The number of benzene rings is 1. The Balaban J connectivity index is 2.27. The van der Waals surface area contributed by atoms with Gasteiger partial charge >= 0.3 is 0 Å². The van der Waals surface area contributed by atoms with Crippen LogP contribution in [0.2, 0.25) is 0 Å². The molecule has 1 aromatic carbocycles. The summed E-state index contributed by atoms with van der Waals surface area (Å²) < 4.78 is 5.20. The second-order valence-corrected chi connectivity index (χ2v) is 3.66. The molecule has 0 radical (unpaired) electrons. The van der Waals surface area contributed by atoms with Crippen LogP contribution in [0.25, 0.3) is 0 Å². The molecule has 1 rings (SSSR count). The summed E-state index contributed by atoms with van der Waals surface area (Å²) in [5.74, 6) is 0. The molecule has 0 saturated carbocycles. The fourth-order valence-corrected chi connectivity index (χ4v) is 1.66. The zero-order valence-electron chi connectivity index (χ0n) is 9.86. The van der Waals surface area contributed by atoms with Crippen LogP contribution < -0.4 is 5.32 Å². The highest BCUT2D eigenvalue weighted by Gasteiger charge is 2.06. The molecule has 0 aliphatic carbocycles. The normalized spacial score (nSPS) is 12.6. The molecule has 1 atom stereocenters. The smallest absolute Gasteiger partial charge is 0.0698 e. The molecule has 90 valence electrons.